The SMILES string of the molecule is CC(C)([C@H]1CC[C@](C)(O)CC1)S(=O)(=O)c1cc(C(=O)Nc2ccc(F)c(F)c2)ccc1Cl. The summed E-state index contributed by atoms with van der Waals surface area (Å²) in [6.07, 6.45) is 2.10. The number of benzene rings is 2. The van der Waals surface area contributed by atoms with Gasteiger partial charge in [-0.2, -0.15) is 0 Å². The van der Waals surface area contributed by atoms with Crippen molar-refractivity contribution in [2.75, 3.05) is 5.32 Å². The standard InChI is InChI=1S/C23H26ClF2NO4S/c1-22(2,15-8-10-23(3,29)11-9-15)32(30,31)20-12-14(4-6-17(20)24)21(28)27-16-5-7-18(25)19(26)13-16/h4-7,12-13,15,29H,8-11H2,1-3H3,(H,27,28)/t15-,23-. The number of hydrogen-bond acceptors (Lipinski definition) is 4. The summed E-state index contributed by atoms with van der Waals surface area (Å²) in [4.78, 5) is 12.5. The zero-order valence-corrected chi connectivity index (χ0v) is 19.7. The van der Waals surface area contributed by atoms with E-state index in [1.165, 1.54) is 24.3 Å². The predicted molar refractivity (Wildman–Crippen MR) is 120 cm³/mol. The second kappa shape index (κ2) is 8.72. The van der Waals surface area contributed by atoms with Crippen LogP contribution in [0, 0.1) is 17.6 Å². The number of rotatable bonds is 5. The van der Waals surface area contributed by atoms with Gasteiger partial charge in [0.15, 0.2) is 21.5 Å². The first-order valence-corrected chi connectivity index (χ1v) is 12.1. The summed E-state index contributed by atoms with van der Waals surface area (Å²) < 4.78 is 52.5. The fourth-order valence-electron chi connectivity index (χ4n) is 4.07. The molecule has 5 nitrogen and oxygen atoms in total. The summed E-state index contributed by atoms with van der Waals surface area (Å²) >= 11 is 6.23. The molecule has 0 bridgehead atoms. The quantitative estimate of drug-likeness (QED) is 0.596. The number of hydrogen-bond donors (Lipinski definition) is 2. The van der Waals surface area contributed by atoms with E-state index in [1.807, 2.05) is 0 Å². The van der Waals surface area contributed by atoms with E-state index in [0.717, 1.165) is 12.1 Å². The number of amides is 1. The third kappa shape index (κ3) is 4.82. The molecule has 2 aromatic carbocycles. The van der Waals surface area contributed by atoms with Crippen molar-refractivity contribution in [2.45, 2.75) is 61.7 Å². The van der Waals surface area contributed by atoms with Gasteiger partial charge in [0.25, 0.3) is 5.91 Å². The first-order valence-electron chi connectivity index (χ1n) is 10.3. The lowest BCUT2D eigenvalue weighted by atomic mass is 9.75. The minimum atomic E-state index is -3.95. The maximum absolute atomic E-state index is 13.6. The fraction of sp³-hybridized carbons (Fsp3) is 0.435. The van der Waals surface area contributed by atoms with Crippen LogP contribution in [0.4, 0.5) is 14.5 Å². The zero-order valence-electron chi connectivity index (χ0n) is 18.1. The molecule has 0 heterocycles. The van der Waals surface area contributed by atoms with E-state index in [1.54, 1.807) is 20.8 Å². The Kier molecular flexibility index (Phi) is 6.71. The van der Waals surface area contributed by atoms with Crippen molar-refractivity contribution in [1.82, 2.24) is 0 Å². The van der Waals surface area contributed by atoms with Crippen LogP contribution < -0.4 is 5.32 Å². The molecule has 0 unspecified atom stereocenters. The number of sulfone groups is 1. The third-order valence-electron chi connectivity index (χ3n) is 6.40. The van der Waals surface area contributed by atoms with Crippen LogP contribution in [0.25, 0.3) is 0 Å². The topological polar surface area (TPSA) is 83.5 Å². The van der Waals surface area contributed by atoms with Gasteiger partial charge >= 0.3 is 0 Å². The zero-order chi connectivity index (χ0) is 23.9. The molecular formula is C23H26ClF2NO4S. The number of carbonyl (C=O) groups is 1. The lowest BCUT2D eigenvalue weighted by Gasteiger charge is -2.41. The molecule has 1 aliphatic rings. The van der Waals surface area contributed by atoms with Crippen molar-refractivity contribution in [1.29, 1.82) is 0 Å². The smallest absolute Gasteiger partial charge is 0.255 e. The van der Waals surface area contributed by atoms with Crippen LogP contribution in [0.1, 0.15) is 56.8 Å². The lowest BCUT2D eigenvalue weighted by Crippen LogP contribution is -2.44. The molecule has 2 aromatic rings. The van der Waals surface area contributed by atoms with E-state index in [0.29, 0.717) is 25.7 Å². The van der Waals surface area contributed by atoms with E-state index in [4.69, 9.17) is 11.6 Å². The summed E-state index contributed by atoms with van der Waals surface area (Å²) in [5.41, 5.74) is -0.755. The van der Waals surface area contributed by atoms with Crippen molar-refractivity contribution < 1.29 is 27.1 Å². The van der Waals surface area contributed by atoms with Gasteiger partial charge in [-0.25, -0.2) is 17.2 Å². The highest BCUT2D eigenvalue weighted by Crippen LogP contribution is 2.44. The monoisotopic (exact) mass is 485 g/mol. The summed E-state index contributed by atoms with van der Waals surface area (Å²) in [7, 11) is -3.95. The average Bonchev–Trinajstić information content (AvgIpc) is 2.70. The number of nitrogens with one attached hydrogen (secondary N) is 1. The molecule has 0 aromatic heterocycles. The van der Waals surface area contributed by atoms with Gasteiger partial charge in [-0.3, -0.25) is 4.79 Å². The van der Waals surface area contributed by atoms with Crippen molar-refractivity contribution in [3.05, 3.63) is 58.6 Å². The molecule has 2 N–H and O–H groups in total. The Balaban J connectivity index is 1.89. The molecule has 1 amide bonds. The molecule has 0 atom stereocenters. The van der Waals surface area contributed by atoms with Crippen LogP contribution in [0.15, 0.2) is 41.3 Å². The molecule has 3 rings (SSSR count). The number of anilines is 1. The van der Waals surface area contributed by atoms with Gasteiger partial charge in [0.05, 0.1) is 20.3 Å². The maximum atomic E-state index is 13.6. The fourth-order valence-corrected chi connectivity index (χ4v) is 6.34. The first-order chi connectivity index (χ1) is 14.7. The van der Waals surface area contributed by atoms with Gasteiger partial charge in [-0.1, -0.05) is 11.6 Å². The van der Waals surface area contributed by atoms with E-state index < -0.39 is 37.7 Å². The van der Waals surface area contributed by atoms with Crippen molar-refractivity contribution >= 4 is 33.0 Å². The van der Waals surface area contributed by atoms with Crippen molar-refractivity contribution in [2.24, 2.45) is 5.92 Å². The summed E-state index contributed by atoms with van der Waals surface area (Å²) in [5, 5.41) is 12.6. The molecule has 1 saturated carbocycles. The minimum absolute atomic E-state index is 0.00902. The molecule has 0 radical (unpaired) electrons. The molecule has 1 aliphatic carbocycles. The van der Waals surface area contributed by atoms with E-state index in [9.17, 15) is 27.1 Å². The van der Waals surface area contributed by atoms with Crippen molar-refractivity contribution in [3.8, 4) is 0 Å². The summed E-state index contributed by atoms with van der Waals surface area (Å²) in [6.45, 7) is 5.02. The molecule has 1 fully saturated rings. The van der Waals surface area contributed by atoms with Crippen molar-refractivity contribution in [3.63, 3.8) is 0 Å². The van der Waals surface area contributed by atoms with Gasteiger partial charge in [-0.15, -0.1) is 0 Å². The van der Waals surface area contributed by atoms with Gasteiger partial charge < -0.3 is 10.4 Å². The average molecular weight is 486 g/mol. The highest BCUT2D eigenvalue weighted by Gasteiger charge is 2.46. The second-order valence-corrected chi connectivity index (χ2v) is 12.0. The second-order valence-electron chi connectivity index (χ2n) is 9.11. The van der Waals surface area contributed by atoms with E-state index in [2.05, 4.69) is 5.32 Å². The van der Waals surface area contributed by atoms with Gasteiger partial charge in [0.2, 0.25) is 0 Å². The summed E-state index contributed by atoms with van der Waals surface area (Å²) in [5.74, 6) is -3.04. The Morgan fingerprint density at radius 3 is 2.34 bits per heavy atom. The summed E-state index contributed by atoms with van der Waals surface area (Å²) in [6, 6.07) is 6.81. The van der Waals surface area contributed by atoms with Crippen LogP contribution in [0.3, 0.4) is 0 Å². The normalized spacial score (nSPS) is 21.9. The maximum Gasteiger partial charge on any atom is 0.255 e. The van der Waals surface area contributed by atoms with Crippen LogP contribution in [0.5, 0.6) is 0 Å². The Hall–Kier alpha value is -2.03. The third-order valence-corrected chi connectivity index (χ3v) is 9.48. The molecule has 0 aliphatic heterocycles. The lowest BCUT2D eigenvalue weighted by molar-refractivity contribution is 0.00358. The van der Waals surface area contributed by atoms with Crippen LogP contribution in [-0.4, -0.2) is 29.8 Å². The number of halogens is 3. The molecule has 9 heteroatoms. The van der Waals surface area contributed by atoms with Gasteiger partial charge in [0.1, 0.15) is 0 Å². The van der Waals surface area contributed by atoms with E-state index >= 15 is 0 Å². The number of aliphatic hydroxyl groups is 1. The molecule has 0 saturated heterocycles. The predicted octanol–water partition coefficient (Wildman–Crippen LogP) is 5.36. The molecule has 174 valence electrons. The van der Waals surface area contributed by atoms with Crippen LogP contribution >= 0.6 is 11.6 Å². The van der Waals surface area contributed by atoms with E-state index in [-0.39, 0.29) is 27.1 Å². The number of carbonyl (C=O) groups excluding carboxylic acids is 1. The molecular weight excluding hydrogens is 460 g/mol. The minimum Gasteiger partial charge on any atom is -0.390 e. The molecule has 0 spiro atoms. The van der Waals surface area contributed by atoms with Gasteiger partial charge in [0, 0.05) is 17.3 Å². The Bertz CT molecular complexity index is 1140. The van der Waals surface area contributed by atoms with Gasteiger partial charge in [-0.05, 0) is 82.7 Å². The van der Waals surface area contributed by atoms with Crippen LogP contribution in [0.2, 0.25) is 5.02 Å². The van der Waals surface area contributed by atoms with Crippen LogP contribution in [-0.2, 0) is 9.84 Å². The Labute approximate surface area is 191 Å². The molecule has 32 heavy (non-hydrogen) atoms. The Morgan fingerprint density at radius 1 is 1.12 bits per heavy atom. The highest BCUT2D eigenvalue weighted by molar-refractivity contribution is 7.93. The highest BCUT2D eigenvalue weighted by atomic mass is 35.5. The first kappa shape index (κ1) is 24.6. The Morgan fingerprint density at radius 2 is 1.75 bits per heavy atom. The largest absolute Gasteiger partial charge is 0.390 e.